The Morgan fingerprint density at radius 1 is 1.43 bits per heavy atom. The molecule has 2 heterocycles. The van der Waals surface area contributed by atoms with Gasteiger partial charge in [0.1, 0.15) is 0 Å². The van der Waals surface area contributed by atoms with Crippen molar-refractivity contribution in [2.75, 3.05) is 6.54 Å². The third-order valence-corrected chi connectivity index (χ3v) is 4.19. The van der Waals surface area contributed by atoms with Crippen LogP contribution < -0.4 is 5.73 Å². The minimum atomic E-state index is -0.377. The normalized spacial score (nSPS) is 18.9. The van der Waals surface area contributed by atoms with Gasteiger partial charge < -0.3 is 10.6 Å². The molecule has 1 amide bonds. The first-order valence-electron chi connectivity index (χ1n) is 7.03. The molecular formula is C14H26Cl2N4O. The highest BCUT2D eigenvalue weighted by Gasteiger charge is 2.34. The van der Waals surface area contributed by atoms with Crippen molar-refractivity contribution in [2.24, 2.45) is 12.8 Å². The van der Waals surface area contributed by atoms with Gasteiger partial charge in [0.2, 0.25) is 5.91 Å². The molecule has 2 rings (SSSR count). The van der Waals surface area contributed by atoms with Gasteiger partial charge in [-0.25, -0.2) is 0 Å². The second-order valence-corrected chi connectivity index (χ2v) is 5.41. The number of rotatable bonds is 3. The predicted octanol–water partition coefficient (Wildman–Crippen LogP) is 2.28. The van der Waals surface area contributed by atoms with Crippen LogP contribution in [0.15, 0.2) is 0 Å². The zero-order valence-electron chi connectivity index (χ0n) is 13.1. The SMILES string of the molecule is CC[C@H](N)C(=O)N1CCCC1c1c(C)nn(C)c1C.Cl.Cl. The van der Waals surface area contributed by atoms with E-state index in [1.54, 1.807) is 0 Å². The Labute approximate surface area is 139 Å². The van der Waals surface area contributed by atoms with Crippen LogP contribution in [0.3, 0.4) is 0 Å². The van der Waals surface area contributed by atoms with Crippen molar-refractivity contribution < 1.29 is 4.79 Å². The molecule has 5 nitrogen and oxygen atoms in total. The van der Waals surface area contributed by atoms with Gasteiger partial charge in [-0.05, 0) is 33.1 Å². The number of halogens is 2. The first-order valence-corrected chi connectivity index (χ1v) is 7.03. The van der Waals surface area contributed by atoms with E-state index in [1.165, 1.54) is 5.56 Å². The maximum Gasteiger partial charge on any atom is 0.239 e. The molecule has 2 atom stereocenters. The van der Waals surface area contributed by atoms with Crippen molar-refractivity contribution >= 4 is 30.7 Å². The number of nitrogens with zero attached hydrogens (tertiary/aromatic N) is 3. The average Bonchev–Trinajstić information content (AvgIpc) is 2.93. The number of carbonyl (C=O) groups is 1. The molecule has 0 spiro atoms. The van der Waals surface area contributed by atoms with E-state index in [-0.39, 0.29) is 42.8 Å². The van der Waals surface area contributed by atoms with Crippen LogP contribution in [-0.2, 0) is 11.8 Å². The fourth-order valence-corrected chi connectivity index (χ4v) is 2.99. The lowest BCUT2D eigenvalue weighted by Gasteiger charge is -2.27. The molecule has 1 saturated heterocycles. The van der Waals surface area contributed by atoms with Gasteiger partial charge in [-0.15, -0.1) is 24.8 Å². The van der Waals surface area contributed by atoms with Crippen LogP contribution in [0.4, 0.5) is 0 Å². The summed E-state index contributed by atoms with van der Waals surface area (Å²) in [6.07, 6.45) is 2.74. The molecule has 0 aliphatic carbocycles. The third-order valence-electron chi connectivity index (χ3n) is 4.19. The Morgan fingerprint density at radius 2 is 2.05 bits per heavy atom. The van der Waals surface area contributed by atoms with Crippen molar-refractivity contribution in [2.45, 2.75) is 52.1 Å². The Morgan fingerprint density at radius 3 is 2.52 bits per heavy atom. The van der Waals surface area contributed by atoms with Crippen molar-refractivity contribution in [3.63, 3.8) is 0 Å². The summed E-state index contributed by atoms with van der Waals surface area (Å²) in [5.41, 5.74) is 9.28. The van der Waals surface area contributed by atoms with Crippen molar-refractivity contribution in [3.05, 3.63) is 17.0 Å². The number of nitrogens with two attached hydrogens (primary N) is 1. The smallest absolute Gasteiger partial charge is 0.239 e. The summed E-state index contributed by atoms with van der Waals surface area (Å²) in [5, 5.41) is 4.46. The molecule has 21 heavy (non-hydrogen) atoms. The second-order valence-electron chi connectivity index (χ2n) is 5.41. The van der Waals surface area contributed by atoms with E-state index in [9.17, 15) is 4.79 Å². The molecule has 7 heteroatoms. The molecule has 122 valence electrons. The van der Waals surface area contributed by atoms with Gasteiger partial charge in [-0.2, -0.15) is 5.10 Å². The number of amides is 1. The van der Waals surface area contributed by atoms with Crippen LogP contribution in [0, 0.1) is 13.8 Å². The van der Waals surface area contributed by atoms with Crippen molar-refractivity contribution in [1.29, 1.82) is 0 Å². The van der Waals surface area contributed by atoms with Crippen LogP contribution in [-0.4, -0.2) is 33.2 Å². The summed E-state index contributed by atoms with van der Waals surface area (Å²) < 4.78 is 1.89. The summed E-state index contributed by atoms with van der Waals surface area (Å²) in [6.45, 7) is 6.85. The summed E-state index contributed by atoms with van der Waals surface area (Å²) in [5.74, 6) is 0.0765. The van der Waals surface area contributed by atoms with Crippen LogP contribution in [0.5, 0.6) is 0 Å². The van der Waals surface area contributed by atoms with Gasteiger partial charge in [0.15, 0.2) is 0 Å². The van der Waals surface area contributed by atoms with Crippen molar-refractivity contribution in [3.8, 4) is 0 Å². The summed E-state index contributed by atoms with van der Waals surface area (Å²) in [4.78, 5) is 14.3. The molecule has 0 radical (unpaired) electrons. The quantitative estimate of drug-likeness (QED) is 0.920. The maximum absolute atomic E-state index is 12.4. The molecule has 0 bridgehead atoms. The number of hydrogen-bond donors (Lipinski definition) is 1. The van der Waals surface area contributed by atoms with Crippen LogP contribution >= 0.6 is 24.8 Å². The molecule has 0 saturated carbocycles. The standard InChI is InChI=1S/C14H24N4O.2ClH/c1-5-11(15)14(19)18-8-6-7-12(18)13-9(2)16-17(4)10(13)3;;/h11-12H,5-8,15H2,1-4H3;2*1H/t11-,12?;;/m0../s1. The molecule has 1 fully saturated rings. The fraction of sp³-hybridized carbons (Fsp3) is 0.714. The topological polar surface area (TPSA) is 64.2 Å². The van der Waals surface area contributed by atoms with Gasteiger partial charge in [0.25, 0.3) is 0 Å². The molecule has 1 aliphatic rings. The predicted molar refractivity (Wildman–Crippen MR) is 89.1 cm³/mol. The Balaban J connectivity index is 0.00000200. The van der Waals surface area contributed by atoms with E-state index in [0.717, 1.165) is 30.8 Å². The number of carbonyl (C=O) groups excluding carboxylic acids is 1. The third kappa shape index (κ3) is 3.71. The zero-order valence-corrected chi connectivity index (χ0v) is 14.8. The number of aryl methyl sites for hydroxylation is 2. The molecule has 1 unspecified atom stereocenters. The highest BCUT2D eigenvalue weighted by molar-refractivity contribution is 5.85. The number of hydrogen-bond acceptors (Lipinski definition) is 3. The Kier molecular flexibility index (Phi) is 7.71. The monoisotopic (exact) mass is 336 g/mol. The average molecular weight is 337 g/mol. The van der Waals surface area contributed by atoms with Crippen LogP contribution in [0.25, 0.3) is 0 Å². The molecule has 2 N–H and O–H groups in total. The number of likely N-dealkylation sites (tertiary alicyclic amines) is 1. The summed E-state index contributed by atoms with van der Waals surface area (Å²) >= 11 is 0. The minimum Gasteiger partial charge on any atom is -0.334 e. The lowest BCUT2D eigenvalue weighted by molar-refractivity contribution is -0.133. The summed E-state index contributed by atoms with van der Waals surface area (Å²) in [7, 11) is 1.95. The molecule has 1 aliphatic heterocycles. The highest BCUT2D eigenvalue weighted by Crippen LogP contribution is 2.35. The first-order chi connectivity index (χ1) is 8.97. The van der Waals surface area contributed by atoms with E-state index in [0.29, 0.717) is 6.42 Å². The molecule has 0 aromatic carbocycles. The van der Waals surface area contributed by atoms with Crippen LogP contribution in [0.2, 0.25) is 0 Å². The highest BCUT2D eigenvalue weighted by atomic mass is 35.5. The van der Waals surface area contributed by atoms with E-state index >= 15 is 0 Å². The van der Waals surface area contributed by atoms with E-state index in [2.05, 4.69) is 12.0 Å². The lowest BCUT2D eigenvalue weighted by Crippen LogP contribution is -2.43. The van der Waals surface area contributed by atoms with Gasteiger partial charge in [0, 0.05) is 24.8 Å². The van der Waals surface area contributed by atoms with Gasteiger partial charge in [0.05, 0.1) is 17.8 Å². The maximum atomic E-state index is 12.4. The molecule has 1 aromatic heterocycles. The molecule has 1 aromatic rings. The van der Waals surface area contributed by atoms with E-state index in [1.807, 2.05) is 30.5 Å². The van der Waals surface area contributed by atoms with Gasteiger partial charge in [-0.1, -0.05) is 6.92 Å². The largest absolute Gasteiger partial charge is 0.334 e. The van der Waals surface area contributed by atoms with Crippen molar-refractivity contribution in [1.82, 2.24) is 14.7 Å². The van der Waals surface area contributed by atoms with E-state index in [4.69, 9.17) is 5.73 Å². The van der Waals surface area contributed by atoms with Gasteiger partial charge in [-0.3, -0.25) is 9.48 Å². The molecular weight excluding hydrogens is 311 g/mol. The lowest BCUT2D eigenvalue weighted by atomic mass is 10.0. The Bertz CT molecular complexity index is 490. The number of aromatic nitrogens is 2. The van der Waals surface area contributed by atoms with E-state index < -0.39 is 0 Å². The second kappa shape index (κ2) is 8.01. The van der Waals surface area contributed by atoms with Gasteiger partial charge >= 0.3 is 0 Å². The Hall–Kier alpha value is -0.780. The fourth-order valence-electron chi connectivity index (χ4n) is 2.99. The zero-order chi connectivity index (χ0) is 14.2. The minimum absolute atomic E-state index is 0. The van der Waals surface area contributed by atoms with Crippen LogP contribution in [0.1, 0.15) is 49.2 Å². The first kappa shape index (κ1) is 20.2. The summed E-state index contributed by atoms with van der Waals surface area (Å²) in [6, 6.07) is -0.225.